The lowest BCUT2D eigenvalue weighted by molar-refractivity contribution is 0.210. The maximum absolute atomic E-state index is 6.12. The van der Waals surface area contributed by atoms with Crippen LogP contribution in [-0.4, -0.2) is 44.4 Å². The number of ether oxygens (including phenoxy) is 3. The van der Waals surface area contributed by atoms with Crippen LogP contribution in [0.4, 0.5) is 17.3 Å². The van der Waals surface area contributed by atoms with Crippen LogP contribution in [0.25, 0.3) is 0 Å². The average molecular weight is 353 g/mol. The number of rotatable bonds is 8. The number of hydrogen-bond donors (Lipinski definition) is 2. The summed E-state index contributed by atoms with van der Waals surface area (Å²) in [6.45, 7) is 3.07. The van der Waals surface area contributed by atoms with E-state index in [0.717, 1.165) is 0 Å². The van der Waals surface area contributed by atoms with E-state index in [9.17, 15) is 0 Å². The van der Waals surface area contributed by atoms with Gasteiger partial charge < -0.3 is 24.8 Å². The van der Waals surface area contributed by atoms with Crippen molar-refractivity contribution in [2.75, 3.05) is 45.1 Å². The third-order valence-corrected chi connectivity index (χ3v) is 3.48. The molecule has 24 heavy (non-hydrogen) atoms. The Morgan fingerprint density at radius 1 is 1.00 bits per heavy atom. The fourth-order valence-electron chi connectivity index (χ4n) is 2.10. The summed E-state index contributed by atoms with van der Waals surface area (Å²) in [5.74, 6) is 3.11. The summed E-state index contributed by atoms with van der Waals surface area (Å²) in [4.78, 5) is 8.73. The van der Waals surface area contributed by atoms with Crippen molar-refractivity contribution in [3.63, 3.8) is 0 Å². The fraction of sp³-hybridized carbons (Fsp3) is 0.375. The third kappa shape index (κ3) is 4.62. The van der Waals surface area contributed by atoms with Crippen LogP contribution in [0.15, 0.2) is 18.2 Å². The van der Waals surface area contributed by atoms with Gasteiger partial charge in [-0.05, 0) is 6.92 Å². The van der Waals surface area contributed by atoms with Crippen molar-refractivity contribution in [2.45, 2.75) is 6.92 Å². The Kier molecular flexibility index (Phi) is 6.45. The number of aromatic nitrogens is 2. The van der Waals surface area contributed by atoms with Gasteiger partial charge in [0.15, 0.2) is 0 Å². The first kappa shape index (κ1) is 18.1. The van der Waals surface area contributed by atoms with Gasteiger partial charge in [0.2, 0.25) is 0 Å². The lowest BCUT2D eigenvalue weighted by Crippen LogP contribution is -2.10. The molecule has 0 saturated carbocycles. The molecule has 0 amide bonds. The molecule has 0 radical (unpaired) electrons. The van der Waals surface area contributed by atoms with E-state index in [1.165, 1.54) is 0 Å². The minimum absolute atomic E-state index is 0.473. The van der Waals surface area contributed by atoms with E-state index in [-0.39, 0.29) is 0 Å². The molecular formula is C16H21ClN4O3. The number of anilines is 3. The maximum atomic E-state index is 6.12. The molecule has 2 N–H and O–H groups in total. The third-order valence-electron chi connectivity index (χ3n) is 3.19. The largest absolute Gasteiger partial charge is 0.495 e. The molecule has 0 bridgehead atoms. The summed E-state index contributed by atoms with van der Waals surface area (Å²) in [7, 11) is 4.79. The SMILES string of the molecule is COCCNc1cc(Nc2cc(OC)c(Cl)cc2OC)nc(C)n1. The zero-order valence-corrected chi connectivity index (χ0v) is 14.9. The monoisotopic (exact) mass is 352 g/mol. The number of benzene rings is 1. The molecule has 0 aliphatic rings. The van der Waals surface area contributed by atoms with Gasteiger partial charge in [0.05, 0.1) is 31.5 Å². The zero-order chi connectivity index (χ0) is 17.5. The summed E-state index contributed by atoms with van der Waals surface area (Å²) in [5, 5.41) is 6.86. The van der Waals surface area contributed by atoms with Crippen molar-refractivity contribution in [3.05, 3.63) is 29.0 Å². The molecular weight excluding hydrogens is 332 g/mol. The summed E-state index contributed by atoms with van der Waals surface area (Å²) < 4.78 is 15.6. The number of halogens is 1. The molecule has 0 aliphatic carbocycles. The number of hydrogen-bond acceptors (Lipinski definition) is 7. The van der Waals surface area contributed by atoms with Crippen molar-refractivity contribution < 1.29 is 14.2 Å². The molecule has 1 aromatic carbocycles. The van der Waals surface area contributed by atoms with Gasteiger partial charge in [-0.25, -0.2) is 9.97 Å². The van der Waals surface area contributed by atoms with Gasteiger partial charge in [0, 0.05) is 31.9 Å². The molecule has 1 heterocycles. The Morgan fingerprint density at radius 2 is 1.71 bits per heavy atom. The van der Waals surface area contributed by atoms with Crippen LogP contribution < -0.4 is 20.1 Å². The van der Waals surface area contributed by atoms with Crippen LogP contribution in [0.1, 0.15) is 5.82 Å². The van der Waals surface area contributed by atoms with E-state index in [2.05, 4.69) is 20.6 Å². The van der Waals surface area contributed by atoms with Gasteiger partial charge in [0.1, 0.15) is 29.0 Å². The second-order valence-electron chi connectivity index (χ2n) is 4.92. The van der Waals surface area contributed by atoms with Crippen LogP contribution >= 0.6 is 11.6 Å². The van der Waals surface area contributed by atoms with Crippen molar-refractivity contribution in [1.82, 2.24) is 9.97 Å². The Labute approximate surface area is 146 Å². The van der Waals surface area contributed by atoms with E-state index in [1.54, 1.807) is 33.5 Å². The van der Waals surface area contributed by atoms with Gasteiger partial charge in [-0.1, -0.05) is 11.6 Å². The molecule has 1 aromatic heterocycles. The molecule has 0 aliphatic heterocycles. The van der Waals surface area contributed by atoms with Crippen LogP contribution in [0.2, 0.25) is 5.02 Å². The summed E-state index contributed by atoms with van der Waals surface area (Å²) >= 11 is 6.12. The highest BCUT2D eigenvalue weighted by Gasteiger charge is 2.11. The average Bonchev–Trinajstić information content (AvgIpc) is 2.56. The molecule has 2 aromatic rings. The van der Waals surface area contributed by atoms with E-state index in [4.69, 9.17) is 25.8 Å². The summed E-state index contributed by atoms with van der Waals surface area (Å²) in [6, 6.07) is 5.26. The fourth-order valence-corrected chi connectivity index (χ4v) is 2.33. The maximum Gasteiger partial charge on any atom is 0.144 e. The van der Waals surface area contributed by atoms with Crippen LogP contribution in [-0.2, 0) is 4.74 Å². The summed E-state index contributed by atoms with van der Waals surface area (Å²) in [5.41, 5.74) is 0.694. The topological polar surface area (TPSA) is 77.5 Å². The highest BCUT2D eigenvalue weighted by Crippen LogP contribution is 2.37. The molecule has 0 atom stereocenters. The molecule has 0 spiro atoms. The molecule has 2 rings (SSSR count). The molecule has 0 saturated heterocycles. The first-order valence-electron chi connectivity index (χ1n) is 7.34. The smallest absolute Gasteiger partial charge is 0.144 e. The first-order chi connectivity index (χ1) is 11.6. The molecule has 8 heteroatoms. The molecule has 7 nitrogen and oxygen atoms in total. The standard InChI is InChI=1S/C16H21ClN4O3/c1-10-19-15(18-5-6-22-2)9-16(20-10)21-12-8-13(23-3)11(17)7-14(12)24-4/h7-9H,5-6H2,1-4H3,(H2,18,19,20,21). The lowest BCUT2D eigenvalue weighted by atomic mass is 10.2. The quantitative estimate of drug-likeness (QED) is 0.706. The van der Waals surface area contributed by atoms with Gasteiger partial charge in [-0.15, -0.1) is 0 Å². The van der Waals surface area contributed by atoms with Crippen molar-refractivity contribution in [2.24, 2.45) is 0 Å². The van der Waals surface area contributed by atoms with Crippen LogP contribution in [0, 0.1) is 6.92 Å². The van der Waals surface area contributed by atoms with E-state index >= 15 is 0 Å². The minimum Gasteiger partial charge on any atom is -0.495 e. The lowest BCUT2D eigenvalue weighted by Gasteiger charge is -2.14. The Balaban J connectivity index is 2.27. The second-order valence-corrected chi connectivity index (χ2v) is 5.32. The van der Waals surface area contributed by atoms with Gasteiger partial charge >= 0.3 is 0 Å². The predicted molar refractivity (Wildman–Crippen MR) is 95.0 cm³/mol. The van der Waals surface area contributed by atoms with Crippen molar-refractivity contribution in [1.29, 1.82) is 0 Å². The van der Waals surface area contributed by atoms with Crippen LogP contribution in [0.5, 0.6) is 11.5 Å². The van der Waals surface area contributed by atoms with Gasteiger partial charge in [-0.3, -0.25) is 0 Å². The number of nitrogens with one attached hydrogen (secondary N) is 2. The Bertz CT molecular complexity index is 697. The summed E-state index contributed by atoms with van der Waals surface area (Å²) in [6.07, 6.45) is 0. The number of aryl methyl sites for hydroxylation is 1. The molecule has 0 fully saturated rings. The zero-order valence-electron chi connectivity index (χ0n) is 14.1. The van der Waals surface area contributed by atoms with Crippen molar-refractivity contribution >= 4 is 28.9 Å². The normalized spacial score (nSPS) is 10.4. The predicted octanol–water partition coefficient (Wildman–Crippen LogP) is 3.26. The first-order valence-corrected chi connectivity index (χ1v) is 7.72. The Hall–Kier alpha value is -2.25. The molecule has 130 valence electrons. The highest BCUT2D eigenvalue weighted by molar-refractivity contribution is 6.32. The molecule has 0 unspecified atom stereocenters. The minimum atomic E-state index is 0.473. The van der Waals surface area contributed by atoms with Crippen molar-refractivity contribution in [3.8, 4) is 11.5 Å². The van der Waals surface area contributed by atoms with E-state index in [1.807, 2.05) is 13.0 Å². The van der Waals surface area contributed by atoms with Gasteiger partial charge in [-0.2, -0.15) is 0 Å². The van der Waals surface area contributed by atoms with Crippen LogP contribution in [0.3, 0.4) is 0 Å². The second kappa shape index (κ2) is 8.56. The van der Waals surface area contributed by atoms with E-state index < -0.39 is 0 Å². The number of methoxy groups -OCH3 is 3. The van der Waals surface area contributed by atoms with E-state index in [0.29, 0.717) is 52.8 Å². The van der Waals surface area contributed by atoms with Gasteiger partial charge in [0.25, 0.3) is 0 Å². The highest BCUT2D eigenvalue weighted by atomic mass is 35.5. The number of nitrogens with zero attached hydrogens (tertiary/aromatic N) is 2. The Morgan fingerprint density at radius 3 is 2.38 bits per heavy atom.